The van der Waals surface area contributed by atoms with Crippen LogP contribution in [0.2, 0.25) is 0 Å². The molecule has 1 N–H and O–H groups in total. The van der Waals surface area contributed by atoms with Gasteiger partial charge in [-0.2, -0.15) is 0 Å². The fourth-order valence-corrected chi connectivity index (χ4v) is 2.04. The summed E-state index contributed by atoms with van der Waals surface area (Å²) in [6.45, 7) is 0. The Kier molecular flexibility index (Phi) is 4.16. The van der Waals surface area contributed by atoms with Crippen molar-refractivity contribution >= 4 is 50.0 Å². The Morgan fingerprint density at radius 1 is 1.41 bits per heavy atom. The van der Waals surface area contributed by atoms with E-state index in [0.717, 1.165) is 25.3 Å². The first-order valence-electron chi connectivity index (χ1n) is 4.77. The van der Waals surface area contributed by atoms with Crippen LogP contribution in [-0.4, -0.2) is 17.1 Å². The molecule has 0 fully saturated rings. The summed E-state index contributed by atoms with van der Waals surface area (Å²) >= 11 is 5.66. The SMILES string of the molecule is COc1ccc(Br)c(Nc2ncncc2I)c1. The molecule has 1 aromatic carbocycles. The Hall–Kier alpha value is -0.890. The second-order valence-corrected chi connectivity index (χ2v) is 5.21. The van der Waals surface area contributed by atoms with Crippen molar-refractivity contribution in [2.45, 2.75) is 0 Å². The van der Waals surface area contributed by atoms with Crippen molar-refractivity contribution in [3.63, 3.8) is 0 Å². The van der Waals surface area contributed by atoms with Gasteiger partial charge < -0.3 is 10.1 Å². The standard InChI is InChI=1S/C11H9BrIN3O/c1-17-7-2-3-8(12)10(4-7)16-11-9(13)5-14-6-15-11/h2-6H,1H3,(H,14,15,16). The third-order valence-corrected chi connectivity index (χ3v) is 3.58. The van der Waals surface area contributed by atoms with Crippen molar-refractivity contribution in [2.24, 2.45) is 0 Å². The minimum Gasteiger partial charge on any atom is -0.497 e. The number of anilines is 2. The molecule has 0 unspecified atom stereocenters. The van der Waals surface area contributed by atoms with Crippen LogP contribution < -0.4 is 10.1 Å². The van der Waals surface area contributed by atoms with Crippen molar-refractivity contribution in [1.29, 1.82) is 0 Å². The summed E-state index contributed by atoms with van der Waals surface area (Å²) in [5.41, 5.74) is 0.904. The molecule has 2 aromatic rings. The molecule has 6 heteroatoms. The number of methoxy groups -OCH3 is 1. The Bertz CT molecular complexity index is 536. The zero-order chi connectivity index (χ0) is 12.3. The van der Waals surface area contributed by atoms with Gasteiger partial charge in [0.1, 0.15) is 17.9 Å². The molecule has 0 aliphatic rings. The summed E-state index contributed by atoms with van der Waals surface area (Å²) in [7, 11) is 1.64. The van der Waals surface area contributed by atoms with Gasteiger partial charge in [0.15, 0.2) is 0 Å². The topological polar surface area (TPSA) is 47.0 Å². The Morgan fingerprint density at radius 3 is 2.94 bits per heavy atom. The molecule has 0 atom stereocenters. The first-order valence-corrected chi connectivity index (χ1v) is 6.64. The van der Waals surface area contributed by atoms with Crippen LogP contribution in [0, 0.1) is 3.57 Å². The van der Waals surface area contributed by atoms with E-state index in [-0.39, 0.29) is 0 Å². The van der Waals surface area contributed by atoms with E-state index in [1.165, 1.54) is 6.33 Å². The molecule has 0 bridgehead atoms. The first-order chi connectivity index (χ1) is 8.20. The van der Waals surface area contributed by atoms with Gasteiger partial charge in [0, 0.05) is 16.7 Å². The van der Waals surface area contributed by atoms with Crippen LogP contribution in [0.1, 0.15) is 0 Å². The molecular formula is C11H9BrIN3O. The monoisotopic (exact) mass is 405 g/mol. The van der Waals surface area contributed by atoms with Crippen LogP contribution >= 0.6 is 38.5 Å². The molecule has 4 nitrogen and oxygen atoms in total. The molecule has 88 valence electrons. The molecule has 1 aromatic heterocycles. The quantitative estimate of drug-likeness (QED) is 0.792. The second-order valence-electron chi connectivity index (χ2n) is 3.19. The average Bonchev–Trinajstić information content (AvgIpc) is 2.35. The van der Waals surface area contributed by atoms with Gasteiger partial charge in [-0.3, -0.25) is 0 Å². The molecule has 0 amide bonds. The average molecular weight is 406 g/mol. The van der Waals surface area contributed by atoms with Crippen molar-refractivity contribution in [3.8, 4) is 5.75 Å². The predicted molar refractivity (Wildman–Crippen MR) is 78.7 cm³/mol. The highest BCUT2D eigenvalue weighted by Crippen LogP contribution is 2.30. The molecule has 0 aliphatic carbocycles. The lowest BCUT2D eigenvalue weighted by Gasteiger charge is -2.10. The second kappa shape index (κ2) is 5.63. The zero-order valence-corrected chi connectivity index (χ0v) is 12.7. The van der Waals surface area contributed by atoms with E-state index >= 15 is 0 Å². The van der Waals surface area contributed by atoms with Gasteiger partial charge in [0.25, 0.3) is 0 Å². The molecule has 2 rings (SSSR count). The number of benzene rings is 1. The molecule has 0 aliphatic heterocycles. The van der Waals surface area contributed by atoms with Crippen LogP contribution in [0.15, 0.2) is 35.2 Å². The maximum absolute atomic E-state index is 5.18. The number of nitrogens with one attached hydrogen (secondary N) is 1. The highest BCUT2D eigenvalue weighted by Gasteiger charge is 2.05. The van der Waals surface area contributed by atoms with Crippen molar-refractivity contribution < 1.29 is 4.74 Å². The molecular weight excluding hydrogens is 397 g/mol. The van der Waals surface area contributed by atoms with E-state index in [9.17, 15) is 0 Å². The first kappa shape index (κ1) is 12.6. The van der Waals surface area contributed by atoms with E-state index in [1.54, 1.807) is 13.3 Å². The van der Waals surface area contributed by atoms with E-state index in [2.05, 4.69) is 53.8 Å². The van der Waals surface area contributed by atoms with Gasteiger partial charge in [-0.25, -0.2) is 9.97 Å². The molecule has 0 saturated carbocycles. The normalized spacial score (nSPS) is 10.1. The van der Waals surface area contributed by atoms with E-state index in [1.807, 2.05) is 18.2 Å². The number of halogens is 2. The minimum atomic E-state index is 0.773. The lowest BCUT2D eigenvalue weighted by atomic mass is 10.3. The van der Waals surface area contributed by atoms with Gasteiger partial charge in [-0.15, -0.1) is 0 Å². The predicted octanol–water partition coefficient (Wildman–Crippen LogP) is 3.60. The summed E-state index contributed by atoms with van der Waals surface area (Å²) in [5.74, 6) is 1.56. The number of rotatable bonds is 3. The summed E-state index contributed by atoms with van der Waals surface area (Å²) < 4.78 is 7.09. The number of hydrogen-bond acceptors (Lipinski definition) is 4. The largest absolute Gasteiger partial charge is 0.497 e. The lowest BCUT2D eigenvalue weighted by Crippen LogP contribution is -1.98. The molecule has 0 spiro atoms. The van der Waals surface area contributed by atoms with E-state index < -0.39 is 0 Å². The van der Waals surface area contributed by atoms with Crippen LogP contribution in [0.25, 0.3) is 0 Å². The maximum Gasteiger partial charge on any atom is 0.147 e. The Labute approximate surface area is 121 Å². The molecule has 17 heavy (non-hydrogen) atoms. The van der Waals surface area contributed by atoms with Crippen molar-refractivity contribution in [3.05, 3.63) is 38.8 Å². The number of aromatic nitrogens is 2. The molecule has 1 heterocycles. The van der Waals surface area contributed by atoms with Gasteiger partial charge >= 0.3 is 0 Å². The third-order valence-electron chi connectivity index (χ3n) is 2.09. The van der Waals surface area contributed by atoms with Crippen molar-refractivity contribution in [1.82, 2.24) is 9.97 Å². The summed E-state index contributed by atoms with van der Waals surface area (Å²) in [5, 5.41) is 3.23. The molecule has 0 radical (unpaired) electrons. The van der Waals surface area contributed by atoms with Crippen molar-refractivity contribution in [2.75, 3.05) is 12.4 Å². The maximum atomic E-state index is 5.18. The highest BCUT2D eigenvalue weighted by atomic mass is 127. The van der Waals surface area contributed by atoms with Crippen LogP contribution in [0.5, 0.6) is 5.75 Å². The van der Waals surface area contributed by atoms with Gasteiger partial charge in [-0.05, 0) is 50.7 Å². The van der Waals surface area contributed by atoms with Gasteiger partial charge in [0.2, 0.25) is 0 Å². The van der Waals surface area contributed by atoms with Gasteiger partial charge in [-0.1, -0.05) is 0 Å². The summed E-state index contributed by atoms with van der Waals surface area (Å²) in [6, 6.07) is 5.72. The van der Waals surface area contributed by atoms with Gasteiger partial charge in [0.05, 0.1) is 16.4 Å². The fraction of sp³-hybridized carbons (Fsp3) is 0.0909. The van der Waals surface area contributed by atoms with Crippen LogP contribution in [0.3, 0.4) is 0 Å². The minimum absolute atomic E-state index is 0.773. The highest BCUT2D eigenvalue weighted by molar-refractivity contribution is 14.1. The third kappa shape index (κ3) is 3.06. The Morgan fingerprint density at radius 2 is 2.24 bits per heavy atom. The lowest BCUT2D eigenvalue weighted by molar-refractivity contribution is 0.415. The number of ether oxygens (including phenoxy) is 1. The van der Waals surface area contributed by atoms with E-state index in [4.69, 9.17) is 4.74 Å². The van der Waals surface area contributed by atoms with E-state index in [0.29, 0.717) is 0 Å². The van der Waals surface area contributed by atoms with Crippen LogP contribution in [0.4, 0.5) is 11.5 Å². The van der Waals surface area contributed by atoms with Crippen LogP contribution in [-0.2, 0) is 0 Å². The smallest absolute Gasteiger partial charge is 0.147 e. The number of hydrogen-bond donors (Lipinski definition) is 1. The molecule has 0 saturated heterocycles. The zero-order valence-electron chi connectivity index (χ0n) is 8.95. The number of nitrogens with zero attached hydrogens (tertiary/aromatic N) is 2. The fourth-order valence-electron chi connectivity index (χ4n) is 1.26. The Balaban J connectivity index is 2.32. The summed E-state index contributed by atoms with van der Waals surface area (Å²) in [6.07, 6.45) is 3.27. The summed E-state index contributed by atoms with van der Waals surface area (Å²) in [4.78, 5) is 8.13.